The summed E-state index contributed by atoms with van der Waals surface area (Å²) >= 11 is 0. The van der Waals surface area contributed by atoms with Gasteiger partial charge >= 0.3 is 0 Å². The number of β-amino-alcohol motifs (C(OH)–C–C–N with tert-alkyl or cyclic N) is 1. The number of hydrogen-bond acceptors (Lipinski definition) is 7. The number of nitrogens with zero attached hydrogens (tertiary/aromatic N) is 3. The van der Waals surface area contributed by atoms with Crippen molar-refractivity contribution in [2.24, 2.45) is 0 Å². The molecule has 0 saturated carbocycles. The summed E-state index contributed by atoms with van der Waals surface area (Å²) in [6, 6.07) is 10.3. The highest BCUT2D eigenvalue weighted by Gasteiger charge is 2.21. The van der Waals surface area contributed by atoms with E-state index in [1.165, 1.54) is 17.5 Å². The maximum atomic E-state index is 12.3. The number of amides is 1. The number of aliphatic hydroxyl groups is 1. The van der Waals surface area contributed by atoms with Crippen LogP contribution in [0.2, 0.25) is 0 Å². The molecule has 4 N–H and O–H groups in total. The lowest BCUT2D eigenvalue weighted by molar-refractivity contribution is 0.0851. The van der Waals surface area contributed by atoms with E-state index in [4.69, 9.17) is 0 Å². The SMILES string of the molecule is O=C(NC[C@H](O)CN1Cc2ccccc2C1)c1cc(NC2CNC2)ncn1. The van der Waals surface area contributed by atoms with Crippen LogP contribution in [0.3, 0.4) is 0 Å². The molecular weight excluding hydrogens is 344 g/mol. The molecule has 3 heterocycles. The summed E-state index contributed by atoms with van der Waals surface area (Å²) in [5.74, 6) is 0.327. The van der Waals surface area contributed by atoms with Crippen LogP contribution in [0.5, 0.6) is 0 Å². The van der Waals surface area contributed by atoms with E-state index in [0.29, 0.717) is 24.1 Å². The number of benzene rings is 1. The monoisotopic (exact) mass is 368 g/mol. The van der Waals surface area contributed by atoms with Crippen LogP contribution in [-0.2, 0) is 13.1 Å². The third kappa shape index (κ3) is 4.41. The van der Waals surface area contributed by atoms with Gasteiger partial charge < -0.3 is 21.1 Å². The molecule has 8 heteroatoms. The van der Waals surface area contributed by atoms with E-state index in [0.717, 1.165) is 26.2 Å². The molecule has 142 valence electrons. The van der Waals surface area contributed by atoms with Crippen LogP contribution in [0.25, 0.3) is 0 Å². The Labute approximate surface area is 158 Å². The van der Waals surface area contributed by atoms with E-state index in [1.54, 1.807) is 6.07 Å². The molecular formula is C19H24N6O2. The molecule has 1 aromatic carbocycles. The van der Waals surface area contributed by atoms with Crippen LogP contribution in [0.4, 0.5) is 5.82 Å². The number of carbonyl (C=O) groups is 1. The smallest absolute Gasteiger partial charge is 0.270 e. The molecule has 1 aromatic heterocycles. The van der Waals surface area contributed by atoms with Gasteiger partial charge in [-0.3, -0.25) is 9.69 Å². The molecule has 0 aliphatic carbocycles. The highest BCUT2D eigenvalue weighted by Crippen LogP contribution is 2.21. The Morgan fingerprint density at radius 3 is 2.67 bits per heavy atom. The van der Waals surface area contributed by atoms with Gasteiger partial charge in [0, 0.05) is 45.3 Å². The van der Waals surface area contributed by atoms with Crippen molar-refractivity contribution in [2.45, 2.75) is 25.2 Å². The molecule has 0 spiro atoms. The Morgan fingerprint density at radius 1 is 1.26 bits per heavy atom. The summed E-state index contributed by atoms with van der Waals surface area (Å²) in [4.78, 5) is 22.7. The number of aromatic nitrogens is 2. The summed E-state index contributed by atoms with van der Waals surface area (Å²) in [7, 11) is 0. The molecule has 2 aromatic rings. The number of carbonyl (C=O) groups excluding carboxylic acids is 1. The van der Waals surface area contributed by atoms with Gasteiger partial charge in [-0.2, -0.15) is 0 Å². The molecule has 8 nitrogen and oxygen atoms in total. The Balaban J connectivity index is 1.25. The highest BCUT2D eigenvalue weighted by molar-refractivity contribution is 5.92. The van der Waals surface area contributed by atoms with Crippen LogP contribution in [-0.4, -0.2) is 64.2 Å². The van der Waals surface area contributed by atoms with E-state index in [-0.39, 0.29) is 12.5 Å². The summed E-state index contributed by atoms with van der Waals surface area (Å²) in [5.41, 5.74) is 2.90. The van der Waals surface area contributed by atoms with Crippen molar-refractivity contribution in [2.75, 3.05) is 31.5 Å². The van der Waals surface area contributed by atoms with Gasteiger partial charge in [0.2, 0.25) is 0 Å². The van der Waals surface area contributed by atoms with Crippen LogP contribution >= 0.6 is 0 Å². The maximum absolute atomic E-state index is 12.3. The number of nitrogens with one attached hydrogen (secondary N) is 3. The van der Waals surface area contributed by atoms with E-state index in [1.807, 2.05) is 12.1 Å². The quantitative estimate of drug-likeness (QED) is 0.544. The standard InChI is InChI=1S/C19H24N6O2/c26-16(11-25-9-13-3-1-2-4-14(13)10-25)8-21-19(27)17-5-18(23-12-22-17)24-15-6-20-7-15/h1-5,12,15-16,20,26H,6-11H2,(H,21,27)(H,22,23,24)/t16-/m0/s1. The van der Waals surface area contributed by atoms with Crippen molar-refractivity contribution < 1.29 is 9.90 Å². The number of hydrogen-bond donors (Lipinski definition) is 4. The van der Waals surface area contributed by atoms with Gasteiger partial charge in [-0.15, -0.1) is 0 Å². The van der Waals surface area contributed by atoms with Crippen LogP contribution in [0.1, 0.15) is 21.6 Å². The fourth-order valence-electron chi connectivity index (χ4n) is 3.36. The molecule has 1 amide bonds. The minimum absolute atomic E-state index is 0.186. The van der Waals surface area contributed by atoms with Gasteiger partial charge in [0.15, 0.2) is 0 Å². The zero-order chi connectivity index (χ0) is 18.6. The van der Waals surface area contributed by atoms with Gasteiger partial charge in [-0.25, -0.2) is 9.97 Å². The first kappa shape index (κ1) is 17.8. The molecule has 0 bridgehead atoms. The van der Waals surface area contributed by atoms with Crippen LogP contribution in [0.15, 0.2) is 36.7 Å². The normalized spacial score (nSPS) is 17.8. The van der Waals surface area contributed by atoms with Crippen molar-refractivity contribution in [3.63, 3.8) is 0 Å². The number of aliphatic hydroxyl groups excluding tert-OH is 1. The zero-order valence-electron chi connectivity index (χ0n) is 15.1. The molecule has 4 rings (SSSR count). The van der Waals surface area contributed by atoms with Crippen LogP contribution < -0.4 is 16.0 Å². The number of fused-ring (bicyclic) bond motifs is 1. The summed E-state index contributed by atoms with van der Waals surface area (Å²) in [5, 5.41) is 19.5. The van der Waals surface area contributed by atoms with Crippen LogP contribution in [0, 0.1) is 0 Å². The highest BCUT2D eigenvalue weighted by atomic mass is 16.3. The summed E-state index contributed by atoms with van der Waals surface area (Å²) in [6.07, 6.45) is 0.741. The maximum Gasteiger partial charge on any atom is 0.270 e. The first-order chi connectivity index (χ1) is 13.2. The largest absolute Gasteiger partial charge is 0.390 e. The molecule has 27 heavy (non-hydrogen) atoms. The molecule has 2 aliphatic rings. The van der Waals surface area contributed by atoms with E-state index in [9.17, 15) is 9.90 Å². The van der Waals surface area contributed by atoms with Gasteiger partial charge in [-0.1, -0.05) is 24.3 Å². The molecule has 0 radical (unpaired) electrons. The first-order valence-corrected chi connectivity index (χ1v) is 9.22. The Bertz CT molecular complexity index is 785. The van der Waals surface area contributed by atoms with Gasteiger partial charge in [0.25, 0.3) is 5.91 Å². The average Bonchev–Trinajstić information content (AvgIpc) is 3.05. The van der Waals surface area contributed by atoms with Gasteiger partial charge in [-0.05, 0) is 11.1 Å². The van der Waals surface area contributed by atoms with E-state index >= 15 is 0 Å². The topological polar surface area (TPSA) is 102 Å². The second kappa shape index (κ2) is 7.99. The predicted octanol–water partition coefficient (Wildman–Crippen LogP) is -0.0332. The minimum atomic E-state index is -0.635. The fraction of sp³-hybridized carbons (Fsp3) is 0.421. The van der Waals surface area contributed by atoms with Crippen molar-refractivity contribution in [1.82, 2.24) is 25.5 Å². The third-order valence-electron chi connectivity index (χ3n) is 4.91. The fourth-order valence-corrected chi connectivity index (χ4v) is 3.36. The lowest BCUT2D eigenvalue weighted by Crippen LogP contribution is -2.51. The lowest BCUT2D eigenvalue weighted by Gasteiger charge is -2.28. The van der Waals surface area contributed by atoms with Gasteiger partial charge in [0.1, 0.15) is 17.8 Å². The molecule has 1 saturated heterocycles. The minimum Gasteiger partial charge on any atom is -0.390 e. The first-order valence-electron chi connectivity index (χ1n) is 9.22. The Kier molecular flexibility index (Phi) is 5.28. The van der Waals surface area contributed by atoms with Crippen molar-refractivity contribution in [3.8, 4) is 0 Å². The third-order valence-corrected chi connectivity index (χ3v) is 4.91. The predicted molar refractivity (Wildman–Crippen MR) is 101 cm³/mol. The lowest BCUT2D eigenvalue weighted by atomic mass is 10.1. The zero-order valence-corrected chi connectivity index (χ0v) is 15.1. The van der Waals surface area contributed by atoms with Crippen molar-refractivity contribution >= 4 is 11.7 Å². The number of anilines is 1. The molecule has 1 atom stereocenters. The Hall–Kier alpha value is -2.55. The molecule has 1 fully saturated rings. The van der Waals surface area contributed by atoms with Gasteiger partial charge in [0.05, 0.1) is 12.1 Å². The van der Waals surface area contributed by atoms with Crippen molar-refractivity contribution in [3.05, 3.63) is 53.5 Å². The molecule has 2 aliphatic heterocycles. The Morgan fingerprint density at radius 2 is 2.00 bits per heavy atom. The summed E-state index contributed by atoms with van der Waals surface area (Å²) < 4.78 is 0. The van der Waals surface area contributed by atoms with E-state index < -0.39 is 6.10 Å². The summed E-state index contributed by atoms with van der Waals surface area (Å²) in [6.45, 7) is 4.14. The molecule has 0 unspecified atom stereocenters. The second-order valence-electron chi connectivity index (χ2n) is 7.09. The number of rotatable bonds is 7. The van der Waals surface area contributed by atoms with Crippen molar-refractivity contribution in [1.29, 1.82) is 0 Å². The average molecular weight is 368 g/mol. The second-order valence-corrected chi connectivity index (χ2v) is 7.09. The van der Waals surface area contributed by atoms with E-state index in [2.05, 4.69) is 43.0 Å².